The fraction of sp³-hybridized carbons (Fsp3) is 0.500. The third-order valence-corrected chi connectivity index (χ3v) is 4.09. The van der Waals surface area contributed by atoms with Gasteiger partial charge in [-0.05, 0) is 49.4 Å². The van der Waals surface area contributed by atoms with Crippen LogP contribution in [0.4, 0.5) is 5.69 Å². The van der Waals surface area contributed by atoms with Gasteiger partial charge in [0.05, 0.1) is 6.21 Å². The van der Waals surface area contributed by atoms with Crippen LogP contribution < -0.4 is 10.3 Å². The maximum Gasteiger partial charge on any atom is 0.236 e. The van der Waals surface area contributed by atoms with Gasteiger partial charge in [0.25, 0.3) is 0 Å². The molecule has 0 saturated heterocycles. The van der Waals surface area contributed by atoms with Crippen LogP contribution in [0.3, 0.4) is 0 Å². The highest BCUT2D eigenvalue weighted by Crippen LogP contribution is 2.42. The first kappa shape index (κ1) is 14.6. The smallest absolute Gasteiger partial charge is 0.236 e. The lowest BCUT2D eigenvalue weighted by Crippen LogP contribution is -2.45. The molecule has 0 saturated carbocycles. The molecule has 1 aromatic rings. The fourth-order valence-electron chi connectivity index (χ4n) is 2.87. The molecule has 4 nitrogen and oxygen atoms in total. The monoisotopic (exact) mass is 273 g/mol. The van der Waals surface area contributed by atoms with Crippen molar-refractivity contribution in [3.8, 4) is 0 Å². The molecule has 1 aliphatic heterocycles. The number of nitrogens with one attached hydrogen (secondary N) is 1. The van der Waals surface area contributed by atoms with E-state index in [1.165, 1.54) is 18.2 Å². The number of nitrogens with zero attached hydrogens (tertiary/aromatic N) is 2. The number of hydrazone groups is 1. The predicted molar refractivity (Wildman–Crippen MR) is 83.4 cm³/mol. The lowest BCUT2D eigenvalue weighted by atomic mass is 9.80. The lowest BCUT2D eigenvalue weighted by Gasteiger charge is -2.45. The van der Waals surface area contributed by atoms with Gasteiger partial charge in [0.15, 0.2) is 0 Å². The number of carbonyl (C=O) groups excluding carboxylic acids is 1. The fourth-order valence-corrected chi connectivity index (χ4v) is 2.87. The normalized spacial score (nSPS) is 20.9. The van der Waals surface area contributed by atoms with Crippen LogP contribution in [-0.2, 0) is 4.79 Å². The van der Waals surface area contributed by atoms with E-state index in [1.54, 1.807) is 6.21 Å². The molecule has 1 atom stereocenters. The van der Waals surface area contributed by atoms with Gasteiger partial charge in [0.1, 0.15) is 0 Å². The van der Waals surface area contributed by atoms with E-state index in [9.17, 15) is 4.79 Å². The van der Waals surface area contributed by atoms with E-state index in [4.69, 9.17) is 0 Å². The molecule has 0 bridgehead atoms. The second kappa shape index (κ2) is 5.27. The van der Waals surface area contributed by atoms with Crippen molar-refractivity contribution < 1.29 is 4.79 Å². The van der Waals surface area contributed by atoms with Gasteiger partial charge in [-0.1, -0.05) is 13.0 Å². The SMILES string of the molecule is CC(=O)N/N=C\c1ccc2c(c1)C(C)CC(C)(C)N2C. The Hall–Kier alpha value is -1.84. The largest absolute Gasteiger partial charge is 0.369 e. The summed E-state index contributed by atoms with van der Waals surface area (Å²) >= 11 is 0. The molecule has 0 aliphatic carbocycles. The number of carbonyl (C=O) groups is 1. The highest BCUT2D eigenvalue weighted by atomic mass is 16.2. The molecule has 20 heavy (non-hydrogen) atoms. The first-order valence-electron chi connectivity index (χ1n) is 6.98. The van der Waals surface area contributed by atoms with Crippen molar-refractivity contribution in [2.24, 2.45) is 5.10 Å². The van der Waals surface area contributed by atoms with E-state index in [-0.39, 0.29) is 11.4 Å². The summed E-state index contributed by atoms with van der Waals surface area (Å²) in [6.07, 6.45) is 2.82. The second-order valence-corrected chi connectivity index (χ2v) is 6.22. The summed E-state index contributed by atoms with van der Waals surface area (Å²) in [5.41, 5.74) is 6.25. The Kier molecular flexibility index (Phi) is 3.84. The zero-order valence-corrected chi connectivity index (χ0v) is 12.9. The van der Waals surface area contributed by atoms with E-state index in [2.05, 4.69) is 55.4 Å². The van der Waals surface area contributed by atoms with Crippen molar-refractivity contribution in [2.45, 2.75) is 45.6 Å². The summed E-state index contributed by atoms with van der Waals surface area (Å²) < 4.78 is 0. The molecule has 1 aromatic carbocycles. The third kappa shape index (κ3) is 2.84. The zero-order chi connectivity index (χ0) is 14.9. The average molecular weight is 273 g/mol. The maximum atomic E-state index is 10.8. The van der Waals surface area contributed by atoms with E-state index >= 15 is 0 Å². The van der Waals surface area contributed by atoms with Gasteiger partial charge in [-0.2, -0.15) is 5.10 Å². The summed E-state index contributed by atoms with van der Waals surface area (Å²) in [7, 11) is 2.15. The summed E-state index contributed by atoms with van der Waals surface area (Å²) in [5.74, 6) is 0.361. The van der Waals surface area contributed by atoms with Crippen LogP contribution >= 0.6 is 0 Å². The molecular formula is C16H23N3O. The van der Waals surface area contributed by atoms with Gasteiger partial charge >= 0.3 is 0 Å². The summed E-state index contributed by atoms with van der Waals surface area (Å²) in [5, 5.41) is 3.92. The van der Waals surface area contributed by atoms with Gasteiger partial charge in [0, 0.05) is 25.2 Å². The molecule has 1 amide bonds. The van der Waals surface area contributed by atoms with E-state index in [1.807, 2.05) is 6.07 Å². The van der Waals surface area contributed by atoms with Crippen molar-refractivity contribution in [3.05, 3.63) is 29.3 Å². The van der Waals surface area contributed by atoms with Crippen molar-refractivity contribution in [3.63, 3.8) is 0 Å². The number of amides is 1. The lowest BCUT2D eigenvalue weighted by molar-refractivity contribution is -0.118. The number of hydrogen-bond donors (Lipinski definition) is 1. The molecule has 108 valence electrons. The Morgan fingerprint density at radius 2 is 2.20 bits per heavy atom. The van der Waals surface area contributed by atoms with Gasteiger partial charge in [-0.15, -0.1) is 0 Å². The summed E-state index contributed by atoms with van der Waals surface area (Å²) in [6, 6.07) is 6.34. The molecule has 2 rings (SSSR count). The molecule has 0 spiro atoms. The predicted octanol–water partition coefficient (Wildman–Crippen LogP) is 2.88. The van der Waals surface area contributed by atoms with Crippen LogP contribution in [0.2, 0.25) is 0 Å². The van der Waals surface area contributed by atoms with Crippen LogP contribution in [-0.4, -0.2) is 24.7 Å². The van der Waals surface area contributed by atoms with E-state index < -0.39 is 0 Å². The highest BCUT2D eigenvalue weighted by molar-refractivity contribution is 5.83. The van der Waals surface area contributed by atoms with Crippen molar-refractivity contribution >= 4 is 17.8 Å². The van der Waals surface area contributed by atoms with Gasteiger partial charge in [-0.3, -0.25) is 4.79 Å². The number of anilines is 1. The molecule has 0 aromatic heterocycles. The molecule has 1 heterocycles. The highest BCUT2D eigenvalue weighted by Gasteiger charge is 2.33. The first-order chi connectivity index (χ1) is 9.31. The van der Waals surface area contributed by atoms with Crippen LogP contribution in [0.15, 0.2) is 23.3 Å². The molecule has 1 aliphatic rings. The Balaban J connectivity index is 2.30. The summed E-state index contributed by atoms with van der Waals surface area (Å²) in [4.78, 5) is 13.1. The Morgan fingerprint density at radius 1 is 1.50 bits per heavy atom. The van der Waals surface area contributed by atoms with E-state index in [0.29, 0.717) is 5.92 Å². The average Bonchev–Trinajstić information content (AvgIpc) is 2.35. The number of benzene rings is 1. The van der Waals surface area contributed by atoms with Gasteiger partial charge < -0.3 is 4.90 Å². The number of fused-ring (bicyclic) bond motifs is 1. The van der Waals surface area contributed by atoms with Crippen LogP contribution in [0.5, 0.6) is 0 Å². The number of rotatable bonds is 2. The number of hydrogen-bond acceptors (Lipinski definition) is 3. The molecular weight excluding hydrogens is 250 g/mol. The maximum absolute atomic E-state index is 10.8. The molecule has 0 fully saturated rings. The molecule has 1 N–H and O–H groups in total. The topological polar surface area (TPSA) is 44.7 Å². The quantitative estimate of drug-likeness (QED) is 0.665. The van der Waals surface area contributed by atoms with Crippen LogP contribution in [0, 0.1) is 0 Å². The van der Waals surface area contributed by atoms with Crippen molar-refractivity contribution in [1.29, 1.82) is 0 Å². The van der Waals surface area contributed by atoms with Gasteiger partial charge in [0.2, 0.25) is 5.91 Å². The Labute approximate surface area is 120 Å². The minimum Gasteiger partial charge on any atom is -0.369 e. The van der Waals surface area contributed by atoms with Crippen molar-refractivity contribution in [2.75, 3.05) is 11.9 Å². The minimum atomic E-state index is -0.158. The standard InChI is InChI=1S/C16H23N3O/c1-11-9-16(3,4)19(5)15-7-6-13(8-14(11)15)10-17-18-12(2)20/h6-8,10-11H,9H2,1-5H3,(H,18,20)/b17-10-. The minimum absolute atomic E-state index is 0.158. The zero-order valence-electron chi connectivity index (χ0n) is 12.9. The summed E-state index contributed by atoms with van der Waals surface area (Å²) in [6.45, 7) is 8.27. The Morgan fingerprint density at radius 3 is 2.85 bits per heavy atom. The van der Waals surface area contributed by atoms with Crippen molar-refractivity contribution in [1.82, 2.24) is 5.43 Å². The van der Waals surface area contributed by atoms with Crippen LogP contribution in [0.1, 0.15) is 51.2 Å². The molecule has 4 heteroatoms. The van der Waals surface area contributed by atoms with Gasteiger partial charge in [-0.25, -0.2) is 5.43 Å². The molecule has 0 radical (unpaired) electrons. The molecule has 1 unspecified atom stereocenters. The van der Waals surface area contributed by atoms with E-state index in [0.717, 1.165) is 12.0 Å². The van der Waals surface area contributed by atoms with Crippen LogP contribution in [0.25, 0.3) is 0 Å². The first-order valence-corrected chi connectivity index (χ1v) is 6.98. The second-order valence-electron chi connectivity index (χ2n) is 6.22. The third-order valence-electron chi connectivity index (χ3n) is 4.09. The Bertz CT molecular complexity index is 549.